The molecule has 1 fully saturated rings. The largest absolute Gasteiger partial charge is 0.480 e. The van der Waals surface area contributed by atoms with Crippen molar-refractivity contribution in [1.82, 2.24) is 10.2 Å². The average molecular weight is 252 g/mol. The normalized spacial score (nSPS) is 21.7. The van der Waals surface area contributed by atoms with Crippen molar-refractivity contribution in [1.29, 1.82) is 0 Å². The van der Waals surface area contributed by atoms with Crippen molar-refractivity contribution in [3.63, 3.8) is 0 Å². The van der Waals surface area contributed by atoms with Gasteiger partial charge in [-0.05, 0) is 25.2 Å². The highest BCUT2D eigenvalue weighted by atomic mass is 16.4. The summed E-state index contributed by atoms with van der Waals surface area (Å²) in [7, 11) is 0. The van der Waals surface area contributed by atoms with Crippen molar-refractivity contribution in [2.24, 2.45) is 5.41 Å². The summed E-state index contributed by atoms with van der Waals surface area (Å²) in [5.74, 6) is 4.46. The second-order valence-electron chi connectivity index (χ2n) is 5.11. The van der Waals surface area contributed by atoms with Crippen LogP contribution in [0.2, 0.25) is 0 Å². The minimum absolute atomic E-state index is 0.249. The average Bonchev–Trinajstić information content (AvgIpc) is 2.26. The number of carbonyl (C=O) groups is 2. The molecule has 18 heavy (non-hydrogen) atoms. The van der Waals surface area contributed by atoms with Crippen LogP contribution in [0.4, 0.5) is 4.79 Å². The second kappa shape index (κ2) is 5.76. The molecule has 2 N–H and O–H groups in total. The van der Waals surface area contributed by atoms with Gasteiger partial charge in [0.05, 0.1) is 6.54 Å². The third kappa shape index (κ3) is 3.16. The summed E-state index contributed by atoms with van der Waals surface area (Å²) in [4.78, 5) is 24.7. The van der Waals surface area contributed by atoms with Crippen LogP contribution >= 0.6 is 0 Å². The Morgan fingerprint density at radius 3 is 2.72 bits per heavy atom. The first-order valence-electron chi connectivity index (χ1n) is 6.07. The van der Waals surface area contributed by atoms with Gasteiger partial charge in [0.15, 0.2) is 0 Å². The van der Waals surface area contributed by atoms with Gasteiger partial charge in [0.1, 0.15) is 6.04 Å². The predicted molar refractivity (Wildman–Crippen MR) is 68.0 cm³/mol. The summed E-state index contributed by atoms with van der Waals surface area (Å²) < 4.78 is 0. The van der Waals surface area contributed by atoms with Crippen LogP contribution in [0.15, 0.2) is 0 Å². The Morgan fingerprint density at radius 2 is 2.17 bits per heavy atom. The van der Waals surface area contributed by atoms with Crippen molar-refractivity contribution < 1.29 is 14.7 Å². The van der Waals surface area contributed by atoms with E-state index < -0.39 is 17.4 Å². The van der Waals surface area contributed by atoms with E-state index in [1.807, 2.05) is 13.8 Å². The second-order valence-corrected chi connectivity index (χ2v) is 5.11. The molecule has 0 saturated carbocycles. The molecule has 1 aliphatic rings. The number of likely N-dealkylation sites (tertiary alicyclic amines) is 1. The standard InChI is InChI=1S/C13H20N2O3/c1-4-5-8-14-12(18)15-9-6-7-13(2,3)10(15)11(16)17/h10H,6-9H2,1-3H3,(H,14,18)(H,16,17). The molecule has 0 bridgehead atoms. The maximum Gasteiger partial charge on any atom is 0.327 e. The molecular weight excluding hydrogens is 232 g/mol. The molecule has 1 aliphatic heterocycles. The fourth-order valence-electron chi connectivity index (χ4n) is 2.39. The van der Waals surface area contributed by atoms with E-state index in [2.05, 4.69) is 17.2 Å². The van der Waals surface area contributed by atoms with Crippen LogP contribution in [-0.4, -0.2) is 41.1 Å². The lowest BCUT2D eigenvalue weighted by molar-refractivity contribution is -0.148. The number of rotatable bonds is 2. The summed E-state index contributed by atoms with van der Waals surface area (Å²) in [5, 5.41) is 11.9. The van der Waals surface area contributed by atoms with E-state index in [-0.39, 0.29) is 12.6 Å². The minimum atomic E-state index is -0.948. The van der Waals surface area contributed by atoms with Gasteiger partial charge < -0.3 is 15.3 Å². The lowest BCUT2D eigenvalue weighted by Gasteiger charge is -2.43. The van der Waals surface area contributed by atoms with Crippen molar-refractivity contribution in [2.45, 2.75) is 39.7 Å². The zero-order chi connectivity index (χ0) is 13.8. The van der Waals surface area contributed by atoms with Gasteiger partial charge >= 0.3 is 12.0 Å². The van der Waals surface area contributed by atoms with E-state index in [0.717, 1.165) is 12.8 Å². The Morgan fingerprint density at radius 1 is 1.50 bits per heavy atom. The Kier molecular flexibility index (Phi) is 4.60. The Hall–Kier alpha value is -1.70. The van der Waals surface area contributed by atoms with E-state index in [4.69, 9.17) is 0 Å². The van der Waals surface area contributed by atoms with Gasteiger partial charge in [0.2, 0.25) is 0 Å². The van der Waals surface area contributed by atoms with Gasteiger partial charge in [-0.25, -0.2) is 9.59 Å². The SMILES string of the molecule is CC#CCNC(=O)N1CCCC(C)(C)C1C(=O)O. The third-order valence-corrected chi connectivity index (χ3v) is 3.27. The number of amides is 2. The maximum atomic E-state index is 12.0. The smallest absolute Gasteiger partial charge is 0.327 e. The first kappa shape index (κ1) is 14.4. The van der Waals surface area contributed by atoms with Crippen LogP contribution < -0.4 is 5.32 Å². The first-order valence-corrected chi connectivity index (χ1v) is 6.07. The monoisotopic (exact) mass is 252 g/mol. The third-order valence-electron chi connectivity index (χ3n) is 3.27. The number of hydrogen-bond donors (Lipinski definition) is 2. The lowest BCUT2D eigenvalue weighted by atomic mass is 9.76. The number of carboxylic acid groups (broad SMARTS) is 1. The van der Waals surface area contributed by atoms with Crippen LogP contribution in [0.5, 0.6) is 0 Å². The molecule has 5 heteroatoms. The Labute approximate surface area is 108 Å². The number of aliphatic carboxylic acids is 1. The molecule has 0 aromatic heterocycles. The van der Waals surface area contributed by atoms with Gasteiger partial charge in [-0.1, -0.05) is 19.8 Å². The molecule has 0 radical (unpaired) electrons. The van der Waals surface area contributed by atoms with E-state index >= 15 is 0 Å². The number of carbonyl (C=O) groups excluding carboxylic acids is 1. The number of nitrogens with zero attached hydrogens (tertiary/aromatic N) is 1. The molecule has 1 saturated heterocycles. The quantitative estimate of drug-likeness (QED) is 0.728. The molecule has 0 aromatic carbocycles. The number of hydrogen-bond acceptors (Lipinski definition) is 2. The molecule has 1 unspecified atom stereocenters. The zero-order valence-corrected chi connectivity index (χ0v) is 11.1. The van der Waals surface area contributed by atoms with Crippen molar-refractivity contribution >= 4 is 12.0 Å². The van der Waals surface area contributed by atoms with Crippen molar-refractivity contribution in [3.8, 4) is 11.8 Å². The van der Waals surface area contributed by atoms with E-state index in [0.29, 0.717) is 6.54 Å². The van der Waals surface area contributed by atoms with Crippen LogP contribution in [0.25, 0.3) is 0 Å². The van der Waals surface area contributed by atoms with Gasteiger partial charge in [0.25, 0.3) is 0 Å². The topological polar surface area (TPSA) is 69.6 Å². The summed E-state index contributed by atoms with van der Waals surface area (Å²) in [6.07, 6.45) is 1.63. The summed E-state index contributed by atoms with van der Waals surface area (Å²) >= 11 is 0. The summed E-state index contributed by atoms with van der Waals surface area (Å²) in [5.41, 5.74) is -0.405. The number of carboxylic acids is 1. The number of piperidine rings is 1. The highest BCUT2D eigenvalue weighted by Gasteiger charge is 2.44. The zero-order valence-electron chi connectivity index (χ0n) is 11.1. The number of urea groups is 1. The number of nitrogens with one attached hydrogen (secondary N) is 1. The van der Waals surface area contributed by atoms with Crippen molar-refractivity contribution in [3.05, 3.63) is 0 Å². The molecule has 0 aliphatic carbocycles. The molecule has 1 heterocycles. The van der Waals surface area contributed by atoms with Gasteiger partial charge in [-0.2, -0.15) is 0 Å². The van der Waals surface area contributed by atoms with Crippen LogP contribution in [0, 0.1) is 17.3 Å². The summed E-state index contributed by atoms with van der Waals surface area (Å²) in [6, 6.07) is -1.13. The van der Waals surface area contributed by atoms with Crippen molar-refractivity contribution in [2.75, 3.05) is 13.1 Å². The molecule has 1 atom stereocenters. The minimum Gasteiger partial charge on any atom is -0.480 e. The van der Waals surface area contributed by atoms with E-state index in [9.17, 15) is 14.7 Å². The van der Waals surface area contributed by atoms with E-state index in [1.54, 1.807) is 6.92 Å². The van der Waals surface area contributed by atoms with Crippen LogP contribution in [-0.2, 0) is 4.79 Å². The molecule has 5 nitrogen and oxygen atoms in total. The highest BCUT2D eigenvalue weighted by molar-refractivity contribution is 5.83. The van der Waals surface area contributed by atoms with Gasteiger partial charge in [-0.3, -0.25) is 0 Å². The van der Waals surface area contributed by atoms with Gasteiger partial charge in [0, 0.05) is 6.54 Å². The molecule has 0 aromatic rings. The Balaban J connectivity index is 2.80. The lowest BCUT2D eigenvalue weighted by Crippen LogP contribution is -2.58. The van der Waals surface area contributed by atoms with E-state index in [1.165, 1.54) is 4.90 Å². The van der Waals surface area contributed by atoms with Gasteiger partial charge in [-0.15, -0.1) is 5.92 Å². The Bertz CT molecular complexity index is 393. The molecular formula is C13H20N2O3. The van der Waals surface area contributed by atoms with Crippen LogP contribution in [0.1, 0.15) is 33.6 Å². The molecule has 100 valence electrons. The fourth-order valence-corrected chi connectivity index (χ4v) is 2.39. The predicted octanol–water partition coefficient (Wildman–Crippen LogP) is 1.29. The first-order chi connectivity index (χ1) is 8.40. The highest BCUT2D eigenvalue weighted by Crippen LogP contribution is 2.35. The molecule has 0 spiro atoms. The fraction of sp³-hybridized carbons (Fsp3) is 0.692. The maximum absolute atomic E-state index is 12.0. The van der Waals surface area contributed by atoms with Crippen LogP contribution in [0.3, 0.4) is 0 Å². The summed E-state index contributed by atoms with van der Waals surface area (Å²) in [6.45, 7) is 6.19. The molecule has 2 amide bonds. The molecule has 1 rings (SSSR count).